The van der Waals surface area contributed by atoms with Crippen LogP contribution < -0.4 is 4.90 Å². The Hall–Kier alpha value is -2.67. The van der Waals surface area contributed by atoms with Crippen molar-refractivity contribution in [3.63, 3.8) is 0 Å². The Labute approximate surface area is 110 Å². The van der Waals surface area contributed by atoms with E-state index in [0.717, 1.165) is 0 Å². The molecule has 94 valence electrons. The second kappa shape index (κ2) is 5.32. The molecule has 0 bridgehead atoms. The molecule has 4 heteroatoms. The average molecular weight is 254 g/mol. The molecule has 0 unspecified atom stereocenters. The van der Waals surface area contributed by atoms with Crippen LogP contribution >= 0.6 is 0 Å². The van der Waals surface area contributed by atoms with E-state index in [0.29, 0.717) is 11.1 Å². The van der Waals surface area contributed by atoms with Crippen LogP contribution in [0, 0.1) is 17.1 Å². The zero-order valence-electron chi connectivity index (χ0n) is 10.3. The molecule has 0 fully saturated rings. The molecule has 19 heavy (non-hydrogen) atoms. The van der Waals surface area contributed by atoms with Crippen molar-refractivity contribution in [1.82, 2.24) is 0 Å². The Morgan fingerprint density at radius 3 is 2.63 bits per heavy atom. The quantitative estimate of drug-likeness (QED) is 0.827. The lowest BCUT2D eigenvalue weighted by Crippen LogP contribution is -2.27. The van der Waals surface area contributed by atoms with Gasteiger partial charge >= 0.3 is 0 Å². The van der Waals surface area contributed by atoms with Gasteiger partial charge in [-0.3, -0.25) is 4.79 Å². The van der Waals surface area contributed by atoms with Crippen LogP contribution in [0.3, 0.4) is 0 Å². The van der Waals surface area contributed by atoms with Gasteiger partial charge in [-0.1, -0.05) is 18.2 Å². The van der Waals surface area contributed by atoms with Crippen LogP contribution in [-0.2, 0) is 0 Å². The number of carbonyl (C=O) groups excluding carboxylic acids is 1. The van der Waals surface area contributed by atoms with E-state index in [9.17, 15) is 9.18 Å². The largest absolute Gasteiger partial charge is 0.309 e. The summed E-state index contributed by atoms with van der Waals surface area (Å²) in [4.78, 5) is 13.4. The molecule has 2 aromatic rings. The maximum Gasteiger partial charge on any atom is 0.258 e. The predicted octanol–water partition coefficient (Wildman–Crippen LogP) is 2.97. The van der Waals surface area contributed by atoms with Gasteiger partial charge in [0.25, 0.3) is 5.91 Å². The van der Waals surface area contributed by atoms with E-state index in [2.05, 4.69) is 0 Å². The van der Waals surface area contributed by atoms with Gasteiger partial charge in [-0.25, -0.2) is 4.39 Å². The van der Waals surface area contributed by atoms with Crippen LogP contribution in [0.1, 0.15) is 15.9 Å². The van der Waals surface area contributed by atoms with Crippen LogP contribution in [-0.4, -0.2) is 13.0 Å². The molecule has 1 amide bonds. The molecule has 0 aliphatic carbocycles. The topological polar surface area (TPSA) is 44.1 Å². The zero-order chi connectivity index (χ0) is 13.8. The number of hydrogen-bond donors (Lipinski definition) is 0. The Morgan fingerprint density at radius 2 is 1.95 bits per heavy atom. The fraction of sp³-hybridized carbons (Fsp3) is 0.0667. The zero-order valence-corrected chi connectivity index (χ0v) is 10.3. The van der Waals surface area contributed by atoms with Crippen molar-refractivity contribution in [3.8, 4) is 6.07 Å². The molecule has 0 aliphatic heterocycles. The van der Waals surface area contributed by atoms with Gasteiger partial charge < -0.3 is 4.90 Å². The molecule has 0 spiro atoms. The third kappa shape index (κ3) is 2.61. The number of amides is 1. The standard InChI is InChI=1S/C15H11FN2O/c1-18(14-8-3-2-7-13(14)16)15(19)12-6-4-5-11(9-12)10-17/h2-9H,1H3. The van der Waals surface area contributed by atoms with Crippen LogP contribution in [0.2, 0.25) is 0 Å². The smallest absolute Gasteiger partial charge is 0.258 e. The van der Waals surface area contributed by atoms with Gasteiger partial charge in [0.1, 0.15) is 5.82 Å². The summed E-state index contributed by atoms with van der Waals surface area (Å²) in [5.41, 5.74) is 0.951. The van der Waals surface area contributed by atoms with Crippen molar-refractivity contribution >= 4 is 11.6 Å². The summed E-state index contributed by atoms with van der Waals surface area (Å²) in [6.45, 7) is 0. The molecule has 3 nitrogen and oxygen atoms in total. The Bertz CT molecular complexity index is 661. The second-order valence-electron chi connectivity index (χ2n) is 4.01. The molecule has 2 aromatic carbocycles. The van der Waals surface area contributed by atoms with Gasteiger partial charge in [0.05, 0.1) is 17.3 Å². The first-order valence-corrected chi connectivity index (χ1v) is 5.66. The summed E-state index contributed by atoms with van der Waals surface area (Å²) >= 11 is 0. The van der Waals surface area contributed by atoms with Gasteiger partial charge in [0.2, 0.25) is 0 Å². The summed E-state index contributed by atoms with van der Waals surface area (Å²) in [6.07, 6.45) is 0. The van der Waals surface area contributed by atoms with Gasteiger partial charge in [0, 0.05) is 12.6 Å². The Balaban J connectivity index is 2.34. The number of nitrogens with zero attached hydrogens (tertiary/aromatic N) is 2. The van der Waals surface area contributed by atoms with Gasteiger partial charge in [-0.2, -0.15) is 5.26 Å². The third-order valence-electron chi connectivity index (χ3n) is 2.76. The number of anilines is 1. The fourth-order valence-electron chi connectivity index (χ4n) is 1.75. The molecule has 0 atom stereocenters. The van der Waals surface area contributed by atoms with E-state index in [1.807, 2.05) is 6.07 Å². The highest BCUT2D eigenvalue weighted by Gasteiger charge is 2.16. The molecule has 0 aliphatic rings. The summed E-state index contributed by atoms with van der Waals surface area (Å²) < 4.78 is 13.6. The SMILES string of the molecule is CN(C(=O)c1cccc(C#N)c1)c1ccccc1F. The van der Waals surface area contributed by atoms with Crippen molar-refractivity contribution in [2.75, 3.05) is 11.9 Å². The van der Waals surface area contributed by atoms with Gasteiger partial charge in [-0.05, 0) is 30.3 Å². The summed E-state index contributed by atoms with van der Waals surface area (Å²) in [7, 11) is 1.50. The molecule has 0 saturated carbocycles. The van der Waals surface area contributed by atoms with Crippen molar-refractivity contribution < 1.29 is 9.18 Å². The molecule has 0 N–H and O–H groups in total. The van der Waals surface area contributed by atoms with Crippen molar-refractivity contribution in [1.29, 1.82) is 5.26 Å². The van der Waals surface area contributed by atoms with Crippen LogP contribution in [0.5, 0.6) is 0 Å². The number of rotatable bonds is 2. The summed E-state index contributed by atoms with van der Waals surface area (Å²) in [5.74, 6) is -0.822. The lowest BCUT2D eigenvalue weighted by Gasteiger charge is -2.18. The van der Waals surface area contributed by atoms with E-state index < -0.39 is 5.82 Å². The number of carbonyl (C=O) groups is 1. The van der Waals surface area contributed by atoms with E-state index in [4.69, 9.17) is 5.26 Å². The first-order valence-electron chi connectivity index (χ1n) is 5.66. The Kier molecular flexibility index (Phi) is 3.58. The maximum atomic E-state index is 13.6. The first kappa shape index (κ1) is 12.8. The molecule has 0 aromatic heterocycles. The second-order valence-corrected chi connectivity index (χ2v) is 4.01. The first-order chi connectivity index (χ1) is 9.13. The normalized spacial score (nSPS) is 9.74. The van der Waals surface area contributed by atoms with Gasteiger partial charge in [0.15, 0.2) is 0 Å². The lowest BCUT2D eigenvalue weighted by molar-refractivity contribution is 0.0992. The summed E-state index contributed by atoms with van der Waals surface area (Å²) in [5, 5.41) is 8.81. The molecular weight excluding hydrogens is 243 g/mol. The molecule has 2 rings (SSSR count). The minimum Gasteiger partial charge on any atom is -0.309 e. The van der Waals surface area contributed by atoms with E-state index in [1.54, 1.807) is 30.3 Å². The van der Waals surface area contributed by atoms with Crippen molar-refractivity contribution in [3.05, 3.63) is 65.5 Å². The number of benzene rings is 2. The van der Waals surface area contributed by atoms with Crippen molar-refractivity contribution in [2.24, 2.45) is 0 Å². The third-order valence-corrected chi connectivity index (χ3v) is 2.76. The number of halogens is 1. The minimum atomic E-state index is -0.463. The molecule has 0 saturated heterocycles. The van der Waals surface area contributed by atoms with Crippen LogP contribution in [0.15, 0.2) is 48.5 Å². The predicted molar refractivity (Wildman–Crippen MR) is 70.3 cm³/mol. The highest BCUT2D eigenvalue weighted by Crippen LogP contribution is 2.19. The highest BCUT2D eigenvalue weighted by molar-refractivity contribution is 6.05. The summed E-state index contributed by atoms with van der Waals surface area (Å²) in [6, 6.07) is 14.3. The number of nitriles is 1. The fourth-order valence-corrected chi connectivity index (χ4v) is 1.75. The molecule has 0 heterocycles. The highest BCUT2D eigenvalue weighted by atomic mass is 19.1. The monoisotopic (exact) mass is 254 g/mol. The molecule has 0 radical (unpaired) electrons. The average Bonchev–Trinajstić information content (AvgIpc) is 2.46. The number of hydrogen-bond acceptors (Lipinski definition) is 2. The molecular formula is C15H11FN2O. The maximum absolute atomic E-state index is 13.6. The van der Waals surface area contributed by atoms with Crippen molar-refractivity contribution in [2.45, 2.75) is 0 Å². The Morgan fingerprint density at radius 1 is 1.21 bits per heavy atom. The van der Waals surface area contributed by atoms with E-state index >= 15 is 0 Å². The van der Waals surface area contributed by atoms with Crippen LogP contribution in [0.4, 0.5) is 10.1 Å². The van der Waals surface area contributed by atoms with Gasteiger partial charge in [-0.15, -0.1) is 0 Å². The van der Waals surface area contributed by atoms with Crippen LogP contribution in [0.25, 0.3) is 0 Å². The van der Waals surface area contributed by atoms with E-state index in [1.165, 1.54) is 30.1 Å². The van der Waals surface area contributed by atoms with E-state index in [-0.39, 0.29) is 11.6 Å². The minimum absolute atomic E-state index is 0.204. The number of para-hydroxylation sites is 1. The lowest BCUT2D eigenvalue weighted by atomic mass is 10.1.